The van der Waals surface area contributed by atoms with Crippen molar-refractivity contribution in [3.05, 3.63) is 52.7 Å². The number of rotatable bonds is 6. The number of nitrogens with zero attached hydrogens (tertiary/aromatic N) is 2. The average Bonchev–Trinajstić information content (AvgIpc) is 3.42. The molecule has 0 saturated heterocycles. The number of halogens is 1. The van der Waals surface area contributed by atoms with Gasteiger partial charge >= 0.3 is 0 Å². The molecule has 1 saturated carbocycles. The van der Waals surface area contributed by atoms with E-state index in [1.54, 1.807) is 24.3 Å². The van der Waals surface area contributed by atoms with Crippen molar-refractivity contribution in [2.45, 2.75) is 30.2 Å². The molecule has 1 aromatic heterocycles. The Morgan fingerprint density at radius 1 is 1.29 bits per heavy atom. The standard InChI is InChI=1S/C18H16ClN3OS/c19-14-4-6-15(7-5-14)21-17(23)9-10-24-18-13(11-20)3-8-16(22-18)12-1-2-12/h3-8,12H,1-2,9-10H2,(H,21,23). The van der Waals surface area contributed by atoms with Crippen LogP contribution in [0.5, 0.6) is 0 Å². The predicted octanol–water partition coefficient (Wildman–Crippen LogP) is 4.60. The van der Waals surface area contributed by atoms with Crippen LogP contribution in [0.25, 0.3) is 0 Å². The molecule has 1 amide bonds. The van der Waals surface area contributed by atoms with Crippen LogP contribution < -0.4 is 5.32 Å². The van der Waals surface area contributed by atoms with E-state index in [0.29, 0.717) is 28.7 Å². The number of hydrogen-bond acceptors (Lipinski definition) is 4. The van der Waals surface area contributed by atoms with Crippen LogP contribution in [0.1, 0.15) is 36.4 Å². The summed E-state index contributed by atoms with van der Waals surface area (Å²) in [7, 11) is 0. The molecule has 1 aliphatic rings. The van der Waals surface area contributed by atoms with Crippen molar-refractivity contribution in [3.8, 4) is 6.07 Å². The lowest BCUT2D eigenvalue weighted by atomic mass is 10.2. The average molecular weight is 358 g/mol. The van der Waals surface area contributed by atoms with Gasteiger partial charge in [0.15, 0.2) is 0 Å². The largest absolute Gasteiger partial charge is 0.326 e. The van der Waals surface area contributed by atoms with E-state index in [9.17, 15) is 10.1 Å². The lowest BCUT2D eigenvalue weighted by Crippen LogP contribution is -2.12. The fourth-order valence-corrected chi connectivity index (χ4v) is 3.30. The van der Waals surface area contributed by atoms with Crippen LogP contribution in [0.2, 0.25) is 5.02 Å². The van der Waals surface area contributed by atoms with Crippen LogP contribution in [0, 0.1) is 11.3 Å². The number of thioether (sulfide) groups is 1. The summed E-state index contributed by atoms with van der Waals surface area (Å²) < 4.78 is 0. The molecule has 1 heterocycles. The Balaban J connectivity index is 1.54. The van der Waals surface area contributed by atoms with E-state index in [1.807, 2.05) is 12.1 Å². The van der Waals surface area contributed by atoms with Crippen LogP contribution in [0.4, 0.5) is 5.69 Å². The summed E-state index contributed by atoms with van der Waals surface area (Å²) in [4.78, 5) is 16.6. The fraction of sp³-hybridized carbons (Fsp3) is 0.278. The van der Waals surface area contributed by atoms with Gasteiger partial charge in [-0.25, -0.2) is 4.98 Å². The molecule has 1 N–H and O–H groups in total. The molecular weight excluding hydrogens is 342 g/mol. The maximum absolute atomic E-state index is 12.0. The molecule has 0 spiro atoms. The molecular formula is C18H16ClN3OS. The number of carbonyl (C=O) groups is 1. The molecule has 3 rings (SSSR count). The molecule has 4 nitrogen and oxygen atoms in total. The summed E-state index contributed by atoms with van der Waals surface area (Å²) in [6.07, 6.45) is 2.70. The van der Waals surface area contributed by atoms with E-state index in [0.717, 1.165) is 16.4 Å². The first-order valence-electron chi connectivity index (χ1n) is 7.75. The number of anilines is 1. The Morgan fingerprint density at radius 2 is 2.04 bits per heavy atom. The van der Waals surface area contributed by atoms with Gasteiger partial charge in [0.1, 0.15) is 11.1 Å². The summed E-state index contributed by atoms with van der Waals surface area (Å²) >= 11 is 7.27. The zero-order valence-corrected chi connectivity index (χ0v) is 14.5. The van der Waals surface area contributed by atoms with Crippen LogP contribution in [-0.2, 0) is 4.79 Å². The van der Waals surface area contributed by atoms with E-state index >= 15 is 0 Å². The van der Waals surface area contributed by atoms with Gasteiger partial charge in [-0.15, -0.1) is 11.8 Å². The molecule has 0 atom stereocenters. The first-order valence-corrected chi connectivity index (χ1v) is 9.11. The Kier molecular flexibility index (Phi) is 5.39. The van der Waals surface area contributed by atoms with Crippen molar-refractivity contribution in [2.75, 3.05) is 11.1 Å². The first-order chi connectivity index (χ1) is 11.7. The van der Waals surface area contributed by atoms with Gasteiger partial charge < -0.3 is 5.32 Å². The Hall–Kier alpha value is -2.03. The summed E-state index contributed by atoms with van der Waals surface area (Å²) in [5.74, 6) is 1.06. The number of amides is 1. The third-order valence-electron chi connectivity index (χ3n) is 3.69. The molecule has 0 unspecified atom stereocenters. The van der Waals surface area contributed by atoms with Gasteiger partial charge in [0.05, 0.1) is 5.56 Å². The molecule has 1 aliphatic carbocycles. The third-order valence-corrected chi connectivity index (χ3v) is 4.94. The van der Waals surface area contributed by atoms with E-state index in [2.05, 4.69) is 16.4 Å². The number of aromatic nitrogens is 1. The molecule has 0 radical (unpaired) electrons. The Labute approximate surface area is 150 Å². The molecule has 122 valence electrons. The zero-order valence-electron chi connectivity index (χ0n) is 13.0. The fourth-order valence-electron chi connectivity index (χ4n) is 2.25. The Morgan fingerprint density at radius 3 is 2.71 bits per heavy atom. The first kappa shape index (κ1) is 16.8. The van der Waals surface area contributed by atoms with Gasteiger partial charge in [-0.3, -0.25) is 4.79 Å². The number of carbonyl (C=O) groups excluding carboxylic acids is 1. The number of pyridine rings is 1. The van der Waals surface area contributed by atoms with Gasteiger partial charge in [0.2, 0.25) is 5.91 Å². The van der Waals surface area contributed by atoms with Crippen LogP contribution in [0.15, 0.2) is 41.4 Å². The quantitative estimate of drug-likeness (QED) is 0.767. The summed E-state index contributed by atoms with van der Waals surface area (Å²) in [5.41, 5.74) is 2.35. The van der Waals surface area contributed by atoms with Gasteiger partial charge in [-0.2, -0.15) is 5.26 Å². The van der Waals surface area contributed by atoms with E-state index in [4.69, 9.17) is 11.6 Å². The van der Waals surface area contributed by atoms with Gasteiger partial charge in [0, 0.05) is 34.5 Å². The second-order valence-electron chi connectivity index (χ2n) is 5.63. The van der Waals surface area contributed by atoms with E-state index in [-0.39, 0.29) is 5.91 Å². The van der Waals surface area contributed by atoms with Crippen molar-refractivity contribution in [3.63, 3.8) is 0 Å². The Bertz CT molecular complexity index is 782. The maximum atomic E-state index is 12.0. The SMILES string of the molecule is N#Cc1ccc(C2CC2)nc1SCCC(=O)Nc1ccc(Cl)cc1. The van der Waals surface area contributed by atoms with Crippen LogP contribution in [0.3, 0.4) is 0 Å². The smallest absolute Gasteiger partial charge is 0.225 e. The third kappa shape index (κ3) is 4.50. The van der Waals surface area contributed by atoms with Crippen LogP contribution in [-0.4, -0.2) is 16.6 Å². The highest BCUT2D eigenvalue weighted by Gasteiger charge is 2.25. The van der Waals surface area contributed by atoms with Crippen molar-refractivity contribution in [1.29, 1.82) is 5.26 Å². The van der Waals surface area contributed by atoms with E-state index < -0.39 is 0 Å². The lowest BCUT2D eigenvalue weighted by molar-refractivity contribution is -0.115. The predicted molar refractivity (Wildman–Crippen MR) is 96.3 cm³/mol. The minimum atomic E-state index is -0.0679. The molecule has 24 heavy (non-hydrogen) atoms. The highest BCUT2D eigenvalue weighted by atomic mass is 35.5. The summed E-state index contributed by atoms with van der Waals surface area (Å²) in [6, 6.07) is 12.9. The zero-order chi connectivity index (χ0) is 16.9. The minimum Gasteiger partial charge on any atom is -0.326 e. The maximum Gasteiger partial charge on any atom is 0.225 e. The van der Waals surface area contributed by atoms with Gasteiger partial charge in [-0.05, 0) is 49.2 Å². The molecule has 0 aliphatic heterocycles. The van der Waals surface area contributed by atoms with Crippen molar-refractivity contribution >= 4 is 35.0 Å². The normalized spacial score (nSPS) is 13.3. The number of nitriles is 1. The second-order valence-corrected chi connectivity index (χ2v) is 7.15. The topological polar surface area (TPSA) is 65.8 Å². The summed E-state index contributed by atoms with van der Waals surface area (Å²) in [6.45, 7) is 0. The van der Waals surface area contributed by atoms with Gasteiger partial charge in [-0.1, -0.05) is 11.6 Å². The number of hydrogen-bond donors (Lipinski definition) is 1. The van der Waals surface area contributed by atoms with Gasteiger partial charge in [0.25, 0.3) is 0 Å². The number of benzene rings is 1. The molecule has 2 aromatic rings. The highest BCUT2D eigenvalue weighted by molar-refractivity contribution is 7.99. The summed E-state index contributed by atoms with van der Waals surface area (Å²) in [5, 5.41) is 13.4. The lowest BCUT2D eigenvalue weighted by Gasteiger charge is -2.07. The molecule has 6 heteroatoms. The molecule has 1 aromatic carbocycles. The monoisotopic (exact) mass is 357 g/mol. The number of nitrogens with one attached hydrogen (secondary N) is 1. The van der Waals surface area contributed by atoms with Crippen molar-refractivity contribution in [1.82, 2.24) is 4.98 Å². The molecule has 0 bridgehead atoms. The highest BCUT2D eigenvalue weighted by Crippen LogP contribution is 2.39. The second kappa shape index (κ2) is 7.69. The molecule has 1 fully saturated rings. The van der Waals surface area contributed by atoms with Crippen molar-refractivity contribution in [2.24, 2.45) is 0 Å². The minimum absolute atomic E-state index is 0.0679. The van der Waals surface area contributed by atoms with Crippen LogP contribution >= 0.6 is 23.4 Å². The van der Waals surface area contributed by atoms with E-state index in [1.165, 1.54) is 24.6 Å². The van der Waals surface area contributed by atoms with Crippen molar-refractivity contribution < 1.29 is 4.79 Å².